The number of aromatic carboxylic acids is 1. The maximum Gasteiger partial charge on any atom is 0.336 e. The van der Waals surface area contributed by atoms with Crippen molar-refractivity contribution >= 4 is 22.7 Å². The summed E-state index contributed by atoms with van der Waals surface area (Å²) in [6.07, 6.45) is 2.00. The molecule has 0 aliphatic carbocycles. The molecule has 0 aliphatic heterocycles. The number of nitrogens with zero attached hydrogens (tertiary/aromatic N) is 2. The quantitative estimate of drug-likeness (QED) is 0.819. The van der Waals surface area contributed by atoms with Crippen LogP contribution in [0.5, 0.6) is 0 Å². The maximum atomic E-state index is 11.5. The van der Waals surface area contributed by atoms with E-state index < -0.39 is 5.97 Å². The molecule has 0 fully saturated rings. The molecule has 1 aromatic heterocycles. The molecule has 0 saturated carbocycles. The van der Waals surface area contributed by atoms with Crippen molar-refractivity contribution in [2.45, 2.75) is 19.8 Å². The monoisotopic (exact) mass is 288 g/mol. The first kappa shape index (κ1) is 15.3. The molecule has 1 heterocycles. The Labute approximate surface area is 123 Å². The van der Waals surface area contributed by atoms with Gasteiger partial charge in [0.25, 0.3) is 0 Å². The number of pyridine rings is 1. The van der Waals surface area contributed by atoms with Crippen molar-refractivity contribution in [2.24, 2.45) is 0 Å². The lowest BCUT2D eigenvalue weighted by molar-refractivity contribution is 0.0699. The number of hydrogen-bond acceptors (Lipinski definition) is 4. The highest BCUT2D eigenvalue weighted by molar-refractivity contribution is 6.03. The molecule has 2 rings (SSSR count). The first-order valence-corrected chi connectivity index (χ1v) is 7.16. The van der Waals surface area contributed by atoms with Crippen molar-refractivity contribution in [3.05, 3.63) is 35.9 Å². The van der Waals surface area contributed by atoms with E-state index >= 15 is 0 Å². The number of aromatic nitrogens is 1. The molecule has 0 radical (unpaired) electrons. The minimum atomic E-state index is -0.964. The highest BCUT2D eigenvalue weighted by atomic mass is 16.4. The Kier molecular flexibility index (Phi) is 5.11. The van der Waals surface area contributed by atoms with Gasteiger partial charge in [0.1, 0.15) is 5.82 Å². The molecular formula is C16H20N2O3. The van der Waals surface area contributed by atoms with Crippen LogP contribution >= 0.6 is 0 Å². The molecule has 0 aliphatic rings. The van der Waals surface area contributed by atoms with Crippen molar-refractivity contribution < 1.29 is 15.0 Å². The zero-order valence-electron chi connectivity index (χ0n) is 12.1. The van der Waals surface area contributed by atoms with E-state index in [1.807, 2.05) is 17.0 Å². The molecule has 0 unspecified atom stereocenters. The summed E-state index contributed by atoms with van der Waals surface area (Å²) < 4.78 is 0. The van der Waals surface area contributed by atoms with E-state index in [-0.39, 0.29) is 12.2 Å². The number of aliphatic hydroxyl groups excluding tert-OH is 1. The first-order valence-electron chi connectivity index (χ1n) is 7.16. The Morgan fingerprint density at radius 2 is 2.05 bits per heavy atom. The van der Waals surface area contributed by atoms with E-state index in [2.05, 4.69) is 11.9 Å². The summed E-state index contributed by atoms with van der Waals surface area (Å²) in [4.78, 5) is 17.9. The van der Waals surface area contributed by atoms with Gasteiger partial charge in [0.2, 0.25) is 0 Å². The molecule has 0 spiro atoms. The van der Waals surface area contributed by atoms with Crippen LogP contribution in [-0.4, -0.2) is 40.9 Å². The van der Waals surface area contributed by atoms with E-state index in [0.29, 0.717) is 23.3 Å². The van der Waals surface area contributed by atoms with Gasteiger partial charge in [0, 0.05) is 18.5 Å². The lowest BCUT2D eigenvalue weighted by atomic mass is 10.1. The van der Waals surface area contributed by atoms with Crippen LogP contribution in [0.3, 0.4) is 0 Å². The van der Waals surface area contributed by atoms with Crippen LogP contribution in [-0.2, 0) is 0 Å². The first-order chi connectivity index (χ1) is 10.2. The van der Waals surface area contributed by atoms with Gasteiger partial charge in [0.05, 0.1) is 17.7 Å². The fourth-order valence-electron chi connectivity index (χ4n) is 2.31. The van der Waals surface area contributed by atoms with Gasteiger partial charge in [-0.05, 0) is 18.6 Å². The standard InChI is InChI=1S/C16H20N2O3/c1-2-3-8-18(9-10-19)15-11-13(16(20)21)12-6-4-5-7-14(12)17-15/h4-7,11,19H,2-3,8-10H2,1H3,(H,20,21). The fraction of sp³-hybridized carbons (Fsp3) is 0.375. The van der Waals surface area contributed by atoms with E-state index in [4.69, 9.17) is 0 Å². The van der Waals surface area contributed by atoms with Crippen LogP contribution in [0.15, 0.2) is 30.3 Å². The van der Waals surface area contributed by atoms with Crippen molar-refractivity contribution in [1.82, 2.24) is 4.98 Å². The molecule has 1 aromatic carbocycles. The Balaban J connectivity index is 2.49. The summed E-state index contributed by atoms with van der Waals surface area (Å²) in [7, 11) is 0. The summed E-state index contributed by atoms with van der Waals surface area (Å²) in [5.74, 6) is -0.358. The van der Waals surface area contributed by atoms with E-state index in [9.17, 15) is 15.0 Å². The molecule has 2 N–H and O–H groups in total. The number of anilines is 1. The molecule has 0 bridgehead atoms. The Morgan fingerprint density at radius 1 is 1.29 bits per heavy atom. The largest absolute Gasteiger partial charge is 0.478 e. The fourth-order valence-corrected chi connectivity index (χ4v) is 2.31. The van der Waals surface area contributed by atoms with E-state index in [0.717, 1.165) is 19.4 Å². The second-order valence-corrected chi connectivity index (χ2v) is 4.91. The van der Waals surface area contributed by atoms with Gasteiger partial charge >= 0.3 is 5.97 Å². The lowest BCUT2D eigenvalue weighted by Gasteiger charge is -2.23. The number of rotatable bonds is 7. The molecule has 2 aromatic rings. The van der Waals surface area contributed by atoms with Crippen molar-refractivity contribution in [2.75, 3.05) is 24.6 Å². The second-order valence-electron chi connectivity index (χ2n) is 4.91. The molecule has 5 heteroatoms. The molecule has 21 heavy (non-hydrogen) atoms. The predicted octanol–water partition coefficient (Wildman–Crippen LogP) is 2.53. The normalized spacial score (nSPS) is 10.8. The van der Waals surface area contributed by atoms with Gasteiger partial charge in [-0.2, -0.15) is 0 Å². The van der Waals surface area contributed by atoms with Crippen LogP contribution < -0.4 is 4.90 Å². The number of carboxylic acid groups (broad SMARTS) is 1. The summed E-state index contributed by atoms with van der Waals surface area (Å²) in [5, 5.41) is 19.2. The number of fused-ring (bicyclic) bond motifs is 1. The molecule has 112 valence electrons. The highest BCUT2D eigenvalue weighted by Crippen LogP contribution is 2.23. The molecular weight excluding hydrogens is 268 g/mol. The van der Waals surface area contributed by atoms with Crippen LogP contribution in [0.1, 0.15) is 30.1 Å². The average molecular weight is 288 g/mol. The third-order valence-corrected chi connectivity index (χ3v) is 3.41. The minimum Gasteiger partial charge on any atom is -0.478 e. The molecule has 0 amide bonds. The van der Waals surface area contributed by atoms with Gasteiger partial charge in [-0.15, -0.1) is 0 Å². The summed E-state index contributed by atoms with van der Waals surface area (Å²) in [5.41, 5.74) is 0.905. The van der Waals surface area contributed by atoms with Gasteiger partial charge in [-0.25, -0.2) is 9.78 Å². The molecule has 5 nitrogen and oxygen atoms in total. The van der Waals surface area contributed by atoms with Crippen LogP contribution in [0.2, 0.25) is 0 Å². The maximum absolute atomic E-state index is 11.5. The number of aliphatic hydroxyl groups is 1. The SMILES string of the molecule is CCCCN(CCO)c1cc(C(=O)O)c2ccccc2n1. The second kappa shape index (κ2) is 7.04. The summed E-state index contributed by atoms with van der Waals surface area (Å²) in [6, 6.07) is 8.81. The number of para-hydroxylation sites is 1. The van der Waals surface area contributed by atoms with Gasteiger partial charge in [-0.3, -0.25) is 0 Å². The van der Waals surface area contributed by atoms with Gasteiger partial charge < -0.3 is 15.1 Å². The average Bonchev–Trinajstić information content (AvgIpc) is 2.50. The van der Waals surface area contributed by atoms with Crippen molar-refractivity contribution in [3.63, 3.8) is 0 Å². The van der Waals surface area contributed by atoms with E-state index in [1.165, 1.54) is 0 Å². The van der Waals surface area contributed by atoms with Crippen LogP contribution in [0, 0.1) is 0 Å². The molecule has 0 atom stereocenters. The zero-order chi connectivity index (χ0) is 15.2. The Hall–Kier alpha value is -2.14. The number of carbonyl (C=O) groups is 1. The topological polar surface area (TPSA) is 73.7 Å². The Bertz CT molecular complexity index is 628. The summed E-state index contributed by atoms with van der Waals surface area (Å²) in [6.45, 7) is 3.31. The van der Waals surface area contributed by atoms with Gasteiger partial charge in [0.15, 0.2) is 0 Å². The minimum absolute atomic E-state index is 0.0145. The zero-order valence-corrected chi connectivity index (χ0v) is 12.1. The highest BCUT2D eigenvalue weighted by Gasteiger charge is 2.15. The van der Waals surface area contributed by atoms with Crippen LogP contribution in [0.25, 0.3) is 10.9 Å². The Morgan fingerprint density at radius 3 is 2.71 bits per heavy atom. The van der Waals surface area contributed by atoms with Crippen LogP contribution in [0.4, 0.5) is 5.82 Å². The number of hydrogen-bond donors (Lipinski definition) is 2. The van der Waals surface area contributed by atoms with E-state index in [1.54, 1.807) is 18.2 Å². The third kappa shape index (κ3) is 3.49. The number of carboxylic acids is 1. The smallest absolute Gasteiger partial charge is 0.336 e. The number of benzene rings is 1. The lowest BCUT2D eigenvalue weighted by Crippen LogP contribution is -2.28. The van der Waals surface area contributed by atoms with Crippen molar-refractivity contribution in [3.8, 4) is 0 Å². The number of unbranched alkanes of at least 4 members (excludes halogenated alkanes) is 1. The van der Waals surface area contributed by atoms with Gasteiger partial charge in [-0.1, -0.05) is 31.5 Å². The summed E-state index contributed by atoms with van der Waals surface area (Å²) >= 11 is 0. The van der Waals surface area contributed by atoms with Crippen molar-refractivity contribution in [1.29, 1.82) is 0 Å². The molecule has 0 saturated heterocycles. The third-order valence-electron chi connectivity index (χ3n) is 3.41. The predicted molar refractivity (Wildman–Crippen MR) is 82.9 cm³/mol.